The summed E-state index contributed by atoms with van der Waals surface area (Å²) >= 11 is 0. The Labute approximate surface area is 141 Å². The Kier molecular flexibility index (Phi) is 4.31. The van der Waals surface area contributed by atoms with Crippen molar-refractivity contribution in [3.63, 3.8) is 0 Å². The number of halogens is 1. The first-order valence-electron chi connectivity index (χ1n) is 7.06. The van der Waals surface area contributed by atoms with Gasteiger partial charge in [0.25, 0.3) is 15.8 Å². The van der Waals surface area contributed by atoms with E-state index >= 15 is 0 Å². The van der Waals surface area contributed by atoms with Crippen LogP contribution >= 0.6 is 0 Å². The monoisotopic (exact) mass is 365 g/mol. The van der Waals surface area contributed by atoms with E-state index in [1.807, 2.05) is 0 Å². The Morgan fingerprint density at radius 3 is 2.88 bits per heavy atom. The van der Waals surface area contributed by atoms with E-state index in [-0.39, 0.29) is 23.8 Å². The molecule has 130 valence electrons. The second-order valence-corrected chi connectivity index (χ2v) is 6.49. The molecule has 0 radical (unpaired) electrons. The number of hydrogen-bond acceptors (Lipinski definition) is 7. The van der Waals surface area contributed by atoms with Gasteiger partial charge >= 0.3 is 5.97 Å². The summed E-state index contributed by atoms with van der Waals surface area (Å²) in [5, 5.41) is 3.85. The van der Waals surface area contributed by atoms with Crippen LogP contribution in [0.15, 0.2) is 41.7 Å². The zero-order chi connectivity index (χ0) is 18.0. The molecule has 0 spiro atoms. The van der Waals surface area contributed by atoms with Crippen LogP contribution in [-0.2, 0) is 14.8 Å². The lowest BCUT2D eigenvalue weighted by Crippen LogP contribution is -2.17. The number of nitrogens with zero attached hydrogens (tertiary/aromatic N) is 4. The zero-order valence-electron chi connectivity index (χ0n) is 12.9. The first-order valence-corrected chi connectivity index (χ1v) is 8.54. The highest BCUT2D eigenvalue weighted by molar-refractivity contribution is 7.92. The van der Waals surface area contributed by atoms with E-state index in [4.69, 9.17) is 4.74 Å². The van der Waals surface area contributed by atoms with Gasteiger partial charge in [-0.15, -0.1) is 0 Å². The Morgan fingerprint density at radius 1 is 1.32 bits per heavy atom. The van der Waals surface area contributed by atoms with Gasteiger partial charge in [0.1, 0.15) is 18.0 Å². The fourth-order valence-electron chi connectivity index (χ4n) is 2.06. The predicted molar refractivity (Wildman–Crippen MR) is 83.9 cm³/mol. The molecule has 9 nitrogen and oxygen atoms in total. The summed E-state index contributed by atoms with van der Waals surface area (Å²) in [6, 6.07) is 4.10. The molecule has 0 aliphatic rings. The number of rotatable bonds is 5. The van der Waals surface area contributed by atoms with Crippen molar-refractivity contribution in [1.29, 1.82) is 0 Å². The number of carbonyl (C=O) groups is 1. The van der Waals surface area contributed by atoms with E-state index in [1.54, 1.807) is 6.92 Å². The molecule has 3 aromatic rings. The molecule has 0 fully saturated rings. The number of ether oxygens (including phenoxy) is 1. The molecule has 0 atom stereocenters. The van der Waals surface area contributed by atoms with Crippen LogP contribution in [0.3, 0.4) is 0 Å². The molecule has 0 unspecified atom stereocenters. The summed E-state index contributed by atoms with van der Waals surface area (Å²) in [7, 11) is -4.19. The maximum Gasteiger partial charge on any atom is 0.338 e. The summed E-state index contributed by atoms with van der Waals surface area (Å²) in [6.45, 7) is 1.67. The minimum atomic E-state index is -4.19. The Bertz CT molecular complexity index is 1050. The quantitative estimate of drug-likeness (QED) is 0.676. The Balaban J connectivity index is 2.00. The van der Waals surface area contributed by atoms with Gasteiger partial charge in [0.05, 0.1) is 17.1 Å². The number of aromatic nitrogens is 4. The number of esters is 1. The van der Waals surface area contributed by atoms with Gasteiger partial charge in [0, 0.05) is 12.3 Å². The largest absolute Gasteiger partial charge is 0.462 e. The third kappa shape index (κ3) is 3.40. The van der Waals surface area contributed by atoms with Gasteiger partial charge < -0.3 is 4.74 Å². The molecule has 0 saturated carbocycles. The molecule has 0 amide bonds. The lowest BCUT2D eigenvalue weighted by molar-refractivity contribution is 0.0525. The molecular weight excluding hydrogens is 353 g/mol. The summed E-state index contributed by atoms with van der Waals surface area (Å²) in [5.74, 6) is -1.45. The van der Waals surface area contributed by atoms with Crippen molar-refractivity contribution in [2.24, 2.45) is 0 Å². The minimum absolute atomic E-state index is 0.0597. The van der Waals surface area contributed by atoms with Crippen LogP contribution in [0.2, 0.25) is 0 Å². The zero-order valence-corrected chi connectivity index (χ0v) is 13.7. The summed E-state index contributed by atoms with van der Waals surface area (Å²) in [5.41, 5.74) is -0.206. The molecule has 1 aromatic carbocycles. The lowest BCUT2D eigenvalue weighted by Gasteiger charge is -2.10. The third-order valence-corrected chi connectivity index (χ3v) is 4.45. The van der Waals surface area contributed by atoms with Crippen molar-refractivity contribution < 1.29 is 22.3 Å². The molecule has 3 rings (SSSR count). The molecule has 0 aliphatic heterocycles. The van der Waals surface area contributed by atoms with Crippen LogP contribution in [0.1, 0.15) is 17.3 Å². The van der Waals surface area contributed by atoms with E-state index in [2.05, 4.69) is 19.8 Å². The normalized spacial score (nSPS) is 11.4. The average molecular weight is 365 g/mol. The molecule has 0 saturated heterocycles. The minimum Gasteiger partial charge on any atom is -0.462 e. The standard InChI is InChI=1S/C14H12FN5O4S/c1-2-24-13(21)9-5-10(15)7-11(6-9)25(22,23)19-12-3-4-16-14-17-8-18-20(12)14/h3-8,19H,2H2,1H3. The van der Waals surface area contributed by atoms with Crippen LogP contribution in [0.25, 0.3) is 5.78 Å². The highest BCUT2D eigenvalue weighted by Crippen LogP contribution is 2.19. The molecule has 0 aliphatic carbocycles. The van der Waals surface area contributed by atoms with Gasteiger partial charge in [-0.1, -0.05) is 0 Å². The van der Waals surface area contributed by atoms with Crippen LogP contribution in [0.4, 0.5) is 10.2 Å². The average Bonchev–Trinajstić information content (AvgIpc) is 3.04. The summed E-state index contributed by atoms with van der Waals surface area (Å²) in [6.07, 6.45) is 2.55. The lowest BCUT2D eigenvalue weighted by atomic mass is 10.2. The first kappa shape index (κ1) is 16.8. The topological polar surface area (TPSA) is 116 Å². The highest BCUT2D eigenvalue weighted by atomic mass is 32.2. The predicted octanol–water partition coefficient (Wildman–Crippen LogP) is 1.24. The van der Waals surface area contributed by atoms with Crippen molar-refractivity contribution in [3.05, 3.63) is 48.2 Å². The van der Waals surface area contributed by atoms with Crippen molar-refractivity contribution in [2.45, 2.75) is 11.8 Å². The Morgan fingerprint density at radius 2 is 2.12 bits per heavy atom. The second-order valence-electron chi connectivity index (χ2n) is 4.80. The molecule has 25 heavy (non-hydrogen) atoms. The van der Waals surface area contributed by atoms with Crippen molar-refractivity contribution in [1.82, 2.24) is 19.6 Å². The summed E-state index contributed by atoms with van der Waals surface area (Å²) in [4.78, 5) is 19.1. The maximum absolute atomic E-state index is 13.8. The van der Waals surface area contributed by atoms with Gasteiger partial charge in [-0.25, -0.2) is 22.6 Å². The van der Waals surface area contributed by atoms with Crippen molar-refractivity contribution >= 4 is 27.6 Å². The van der Waals surface area contributed by atoms with Gasteiger partial charge in [0.2, 0.25) is 0 Å². The fourth-order valence-corrected chi connectivity index (χ4v) is 3.16. The molecule has 1 N–H and O–H groups in total. The highest BCUT2D eigenvalue weighted by Gasteiger charge is 2.20. The van der Waals surface area contributed by atoms with Gasteiger partial charge in [-0.3, -0.25) is 4.72 Å². The molecular formula is C14H12FN5O4S. The molecule has 0 bridgehead atoms. The number of nitrogens with one attached hydrogen (secondary N) is 1. The van der Waals surface area contributed by atoms with Crippen LogP contribution in [-0.4, -0.2) is 40.6 Å². The van der Waals surface area contributed by atoms with Gasteiger partial charge in [-0.05, 0) is 25.1 Å². The van der Waals surface area contributed by atoms with Crippen LogP contribution in [0.5, 0.6) is 0 Å². The number of fused-ring (bicyclic) bond motifs is 1. The number of hydrogen-bond donors (Lipinski definition) is 1. The van der Waals surface area contributed by atoms with E-state index in [0.717, 1.165) is 18.2 Å². The number of benzene rings is 1. The number of anilines is 1. The van der Waals surface area contributed by atoms with E-state index in [9.17, 15) is 17.6 Å². The smallest absolute Gasteiger partial charge is 0.338 e. The second kappa shape index (κ2) is 6.43. The molecule has 2 aromatic heterocycles. The van der Waals surface area contributed by atoms with Crippen molar-refractivity contribution in [3.8, 4) is 0 Å². The number of sulfonamides is 1. The van der Waals surface area contributed by atoms with E-state index < -0.39 is 26.7 Å². The van der Waals surface area contributed by atoms with Gasteiger partial charge in [0.15, 0.2) is 0 Å². The van der Waals surface area contributed by atoms with E-state index in [1.165, 1.54) is 23.1 Å². The van der Waals surface area contributed by atoms with E-state index in [0.29, 0.717) is 0 Å². The maximum atomic E-state index is 13.8. The van der Waals surface area contributed by atoms with Gasteiger partial charge in [-0.2, -0.15) is 14.6 Å². The SMILES string of the molecule is CCOC(=O)c1cc(F)cc(S(=O)(=O)Nc2ccnc3ncnn23)c1. The number of carbonyl (C=O) groups excluding carboxylic acids is 1. The third-order valence-electron chi connectivity index (χ3n) is 3.11. The fraction of sp³-hybridized carbons (Fsp3) is 0.143. The molecule has 11 heteroatoms. The van der Waals surface area contributed by atoms with Crippen molar-refractivity contribution in [2.75, 3.05) is 11.3 Å². The first-order chi connectivity index (χ1) is 11.9. The molecule has 2 heterocycles. The summed E-state index contributed by atoms with van der Waals surface area (Å²) < 4.78 is 47.0. The van der Waals surface area contributed by atoms with Crippen LogP contribution < -0.4 is 4.72 Å². The Hall–Kier alpha value is -3.08. The van der Waals surface area contributed by atoms with Crippen LogP contribution in [0, 0.1) is 5.82 Å².